The van der Waals surface area contributed by atoms with Crippen LogP contribution in [0.15, 0.2) is 30.3 Å². The molecule has 0 atom stereocenters. The van der Waals surface area contributed by atoms with Crippen molar-refractivity contribution in [1.29, 1.82) is 0 Å². The Labute approximate surface area is 76.1 Å². The second kappa shape index (κ2) is 3.41. The standard InChI is InChI=1S/C10H17NSi/c1-11(2)12(3,4)10-8-6-5-7-9-10/h5-9H,1-4H3. The molecule has 0 aliphatic heterocycles. The maximum Gasteiger partial charge on any atom is 0.153 e. The molecule has 1 rings (SSSR count). The molecule has 1 nitrogen and oxygen atoms in total. The van der Waals surface area contributed by atoms with Crippen LogP contribution in [0.4, 0.5) is 0 Å². The van der Waals surface area contributed by atoms with Crippen molar-refractivity contribution in [3.63, 3.8) is 0 Å². The Bertz CT molecular complexity index is 241. The van der Waals surface area contributed by atoms with Crippen LogP contribution in [-0.2, 0) is 0 Å². The van der Waals surface area contributed by atoms with Gasteiger partial charge in [0.05, 0.1) is 0 Å². The van der Waals surface area contributed by atoms with Crippen LogP contribution in [0.2, 0.25) is 13.1 Å². The van der Waals surface area contributed by atoms with Crippen LogP contribution in [0.25, 0.3) is 0 Å². The molecule has 2 heteroatoms. The van der Waals surface area contributed by atoms with E-state index in [1.54, 1.807) is 0 Å². The molecule has 0 saturated carbocycles. The van der Waals surface area contributed by atoms with Gasteiger partial charge in [-0.05, 0) is 19.3 Å². The Hall–Kier alpha value is -0.603. The number of nitrogens with zero attached hydrogens (tertiary/aromatic N) is 1. The van der Waals surface area contributed by atoms with E-state index in [4.69, 9.17) is 0 Å². The molecule has 66 valence electrons. The van der Waals surface area contributed by atoms with E-state index in [0.717, 1.165) is 0 Å². The normalized spacial score (nSPS) is 12.1. The third kappa shape index (κ3) is 1.76. The summed E-state index contributed by atoms with van der Waals surface area (Å²) in [5, 5.41) is 1.50. The lowest BCUT2D eigenvalue weighted by Crippen LogP contribution is -2.54. The first-order valence-corrected chi connectivity index (χ1v) is 7.23. The van der Waals surface area contributed by atoms with E-state index >= 15 is 0 Å². The van der Waals surface area contributed by atoms with Crippen molar-refractivity contribution in [2.75, 3.05) is 14.1 Å². The van der Waals surface area contributed by atoms with Gasteiger partial charge in [0, 0.05) is 0 Å². The van der Waals surface area contributed by atoms with Crippen molar-refractivity contribution in [1.82, 2.24) is 4.57 Å². The van der Waals surface area contributed by atoms with Gasteiger partial charge in [0.15, 0.2) is 8.24 Å². The van der Waals surface area contributed by atoms with Gasteiger partial charge in [-0.2, -0.15) is 0 Å². The molecule has 0 saturated heterocycles. The van der Waals surface area contributed by atoms with E-state index in [1.807, 2.05) is 0 Å². The quantitative estimate of drug-likeness (QED) is 0.624. The van der Waals surface area contributed by atoms with Gasteiger partial charge in [0.25, 0.3) is 0 Å². The van der Waals surface area contributed by atoms with Crippen molar-refractivity contribution < 1.29 is 0 Å². The zero-order valence-corrected chi connectivity index (χ0v) is 9.33. The second-order valence-corrected chi connectivity index (χ2v) is 8.41. The molecule has 1 aromatic carbocycles. The molecule has 0 aliphatic rings. The maximum absolute atomic E-state index is 2.36. The molecule has 0 spiro atoms. The Balaban J connectivity index is 2.98. The van der Waals surface area contributed by atoms with Crippen molar-refractivity contribution in [3.05, 3.63) is 30.3 Å². The highest BCUT2D eigenvalue weighted by Gasteiger charge is 2.25. The molecule has 0 N–H and O–H groups in total. The molecular formula is C10H17NSi. The average molecular weight is 179 g/mol. The summed E-state index contributed by atoms with van der Waals surface area (Å²) < 4.78 is 2.36. The minimum absolute atomic E-state index is 1.32. The van der Waals surface area contributed by atoms with Gasteiger partial charge in [0.2, 0.25) is 0 Å². The summed E-state index contributed by atoms with van der Waals surface area (Å²) in [4.78, 5) is 0. The van der Waals surface area contributed by atoms with Crippen LogP contribution in [0, 0.1) is 0 Å². The Morgan fingerprint density at radius 1 is 1.00 bits per heavy atom. The van der Waals surface area contributed by atoms with E-state index in [2.05, 4.69) is 62.1 Å². The lowest BCUT2D eigenvalue weighted by molar-refractivity contribution is 0.633. The van der Waals surface area contributed by atoms with Crippen molar-refractivity contribution >= 4 is 13.4 Å². The van der Waals surface area contributed by atoms with Crippen LogP contribution in [0.1, 0.15) is 0 Å². The minimum atomic E-state index is -1.32. The summed E-state index contributed by atoms with van der Waals surface area (Å²) in [7, 11) is 3.01. The van der Waals surface area contributed by atoms with Gasteiger partial charge >= 0.3 is 0 Å². The molecule has 12 heavy (non-hydrogen) atoms. The lowest BCUT2D eigenvalue weighted by atomic mass is 10.4. The number of hydrogen-bond acceptors (Lipinski definition) is 1. The molecule has 0 heterocycles. The van der Waals surface area contributed by atoms with Crippen molar-refractivity contribution in [2.45, 2.75) is 13.1 Å². The van der Waals surface area contributed by atoms with Gasteiger partial charge in [-0.1, -0.05) is 43.4 Å². The van der Waals surface area contributed by atoms with Crippen LogP contribution in [-0.4, -0.2) is 26.9 Å². The summed E-state index contributed by atoms with van der Waals surface area (Å²) in [6, 6.07) is 10.8. The van der Waals surface area contributed by atoms with Crippen LogP contribution >= 0.6 is 0 Å². The predicted molar refractivity (Wildman–Crippen MR) is 57.2 cm³/mol. The first-order chi connectivity index (χ1) is 5.55. The van der Waals surface area contributed by atoms with E-state index in [1.165, 1.54) is 5.19 Å². The molecule has 0 amide bonds. The third-order valence-corrected chi connectivity index (χ3v) is 6.58. The van der Waals surface area contributed by atoms with E-state index < -0.39 is 8.24 Å². The van der Waals surface area contributed by atoms with E-state index in [9.17, 15) is 0 Å². The van der Waals surface area contributed by atoms with E-state index in [-0.39, 0.29) is 0 Å². The van der Waals surface area contributed by atoms with Gasteiger partial charge in [-0.25, -0.2) is 0 Å². The van der Waals surface area contributed by atoms with Crippen molar-refractivity contribution in [2.24, 2.45) is 0 Å². The SMILES string of the molecule is CN(C)[Si](C)(C)c1ccccc1. The largest absolute Gasteiger partial charge is 0.326 e. The van der Waals surface area contributed by atoms with Crippen LogP contribution in [0.3, 0.4) is 0 Å². The van der Waals surface area contributed by atoms with E-state index in [0.29, 0.717) is 0 Å². The van der Waals surface area contributed by atoms with Gasteiger partial charge in [0.1, 0.15) is 0 Å². The molecule has 0 aliphatic carbocycles. The number of rotatable bonds is 2. The summed E-state index contributed by atoms with van der Waals surface area (Å²) in [5.41, 5.74) is 0. The van der Waals surface area contributed by atoms with Gasteiger partial charge in [-0.15, -0.1) is 0 Å². The number of benzene rings is 1. The summed E-state index contributed by atoms with van der Waals surface area (Å²) in [5.74, 6) is 0. The molecule has 0 aromatic heterocycles. The molecular weight excluding hydrogens is 162 g/mol. The topological polar surface area (TPSA) is 3.24 Å². The second-order valence-electron chi connectivity index (χ2n) is 3.82. The first kappa shape index (κ1) is 9.48. The summed E-state index contributed by atoms with van der Waals surface area (Å²) in [6.45, 7) is 4.73. The van der Waals surface area contributed by atoms with Crippen molar-refractivity contribution in [3.8, 4) is 0 Å². The fourth-order valence-electron chi connectivity index (χ4n) is 1.10. The molecule has 0 fully saturated rings. The fourth-order valence-corrected chi connectivity index (χ4v) is 2.63. The van der Waals surface area contributed by atoms with Crippen LogP contribution in [0.5, 0.6) is 0 Å². The zero-order valence-electron chi connectivity index (χ0n) is 8.33. The molecule has 0 unspecified atom stereocenters. The molecule has 0 bridgehead atoms. The predicted octanol–water partition coefficient (Wildman–Crippen LogP) is 1.66. The van der Waals surface area contributed by atoms with Crippen LogP contribution < -0.4 is 5.19 Å². The highest BCUT2D eigenvalue weighted by Crippen LogP contribution is 2.04. The highest BCUT2D eigenvalue weighted by molar-refractivity contribution is 6.87. The molecule has 0 radical (unpaired) electrons. The summed E-state index contributed by atoms with van der Waals surface area (Å²) in [6.07, 6.45) is 0. The van der Waals surface area contributed by atoms with Gasteiger partial charge in [-0.3, -0.25) is 0 Å². The highest BCUT2D eigenvalue weighted by atomic mass is 28.3. The maximum atomic E-state index is 2.36. The van der Waals surface area contributed by atoms with Gasteiger partial charge < -0.3 is 4.57 Å². The zero-order chi connectivity index (χ0) is 9.19. The smallest absolute Gasteiger partial charge is 0.153 e. The average Bonchev–Trinajstić information content (AvgIpc) is 2.06. The Morgan fingerprint density at radius 3 is 1.92 bits per heavy atom. The Morgan fingerprint density at radius 2 is 1.50 bits per heavy atom. The summed E-state index contributed by atoms with van der Waals surface area (Å²) >= 11 is 0. The monoisotopic (exact) mass is 179 g/mol. The minimum Gasteiger partial charge on any atom is -0.326 e. The first-order valence-electron chi connectivity index (χ1n) is 4.28. The molecule has 1 aromatic rings. The Kier molecular flexibility index (Phi) is 2.70. The number of hydrogen-bond donors (Lipinski definition) is 0. The lowest BCUT2D eigenvalue weighted by Gasteiger charge is -2.30. The fraction of sp³-hybridized carbons (Fsp3) is 0.400. The third-order valence-electron chi connectivity index (χ3n) is 2.60.